The summed E-state index contributed by atoms with van der Waals surface area (Å²) in [6.45, 7) is 5.44. The number of aryl methyl sites for hydroxylation is 2. The van der Waals surface area contributed by atoms with Crippen LogP contribution in [0.25, 0.3) is 0 Å². The Kier molecular flexibility index (Phi) is 5.06. The van der Waals surface area contributed by atoms with Gasteiger partial charge in [-0.1, -0.05) is 6.07 Å². The van der Waals surface area contributed by atoms with Crippen molar-refractivity contribution in [1.82, 2.24) is 15.1 Å². The van der Waals surface area contributed by atoms with E-state index in [-0.39, 0.29) is 18.0 Å². The van der Waals surface area contributed by atoms with E-state index in [1.165, 1.54) is 10.5 Å². The molecule has 1 aromatic rings. The highest BCUT2D eigenvalue weighted by molar-refractivity contribution is 5.94. The van der Waals surface area contributed by atoms with Gasteiger partial charge in [0.1, 0.15) is 0 Å². The van der Waals surface area contributed by atoms with Crippen LogP contribution in [0, 0.1) is 13.8 Å². The lowest BCUT2D eigenvalue weighted by molar-refractivity contribution is 0.0707. The standard InChI is InChI=1S/C17H25N3O2/c1-12-5-6-14(11-13(12)2)16(21)20-9-7-15(8-10-20)18-17(22)19(3)4/h5-6,11,15H,7-10H2,1-4H3,(H,18,22). The topological polar surface area (TPSA) is 52.7 Å². The number of rotatable bonds is 2. The number of amides is 3. The van der Waals surface area contributed by atoms with Crippen LogP contribution in [0.3, 0.4) is 0 Å². The minimum atomic E-state index is -0.0704. The number of nitrogens with one attached hydrogen (secondary N) is 1. The smallest absolute Gasteiger partial charge is 0.317 e. The summed E-state index contributed by atoms with van der Waals surface area (Å²) in [4.78, 5) is 27.6. The zero-order chi connectivity index (χ0) is 16.3. The summed E-state index contributed by atoms with van der Waals surface area (Å²) in [5.41, 5.74) is 3.08. The van der Waals surface area contributed by atoms with Gasteiger partial charge in [-0.2, -0.15) is 0 Å². The molecule has 0 aromatic heterocycles. The van der Waals surface area contributed by atoms with Gasteiger partial charge in [0.05, 0.1) is 0 Å². The van der Waals surface area contributed by atoms with Gasteiger partial charge in [-0.15, -0.1) is 0 Å². The summed E-state index contributed by atoms with van der Waals surface area (Å²) in [5, 5.41) is 2.98. The Bertz CT molecular complexity index is 561. The van der Waals surface area contributed by atoms with Crippen LogP contribution in [0.15, 0.2) is 18.2 Å². The number of nitrogens with zero attached hydrogens (tertiary/aromatic N) is 2. The highest BCUT2D eigenvalue weighted by Crippen LogP contribution is 2.16. The molecule has 0 atom stereocenters. The zero-order valence-corrected chi connectivity index (χ0v) is 13.8. The molecule has 0 radical (unpaired) electrons. The Morgan fingerprint density at radius 3 is 2.32 bits per heavy atom. The molecule has 0 spiro atoms. The molecule has 0 bridgehead atoms. The van der Waals surface area contributed by atoms with Gasteiger partial charge in [0, 0.05) is 38.8 Å². The summed E-state index contributed by atoms with van der Waals surface area (Å²) in [6, 6.07) is 5.92. The largest absolute Gasteiger partial charge is 0.338 e. The van der Waals surface area contributed by atoms with Crippen LogP contribution in [0.5, 0.6) is 0 Å². The van der Waals surface area contributed by atoms with E-state index in [4.69, 9.17) is 0 Å². The Balaban J connectivity index is 1.92. The predicted molar refractivity (Wildman–Crippen MR) is 87.1 cm³/mol. The molecule has 1 aliphatic heterocycles. The molecule has 22 heavy (non-hydrogen) atoms. The highest BCUT2D eigenvalue weighted by atomic mass is 16.2. The molecule has 1 aliphatic rings. The summed E-state index contributed by atoms with van der Waals surface area (Å²) in [7, 11) is 3.46. The molecule has 5 nitrogen and oxygen atoms in total. The minimum Gasteiger partial charge on any atom is -0.338 e. The number of urea groups is 1. The van der Waals surface area contributed by atoms with E-state index in [0.29, 0.717) is 13.1 Å². The molecular formula is C17H25N3O2. The van der Waals surface area contributed by atoms with Crippen molar-refractivity contribution in [3.63, 3.8) is 0 Å². The maximum absolute atomic E-state index is 12.5. The number of likely N-dealkylation sites (tertiary alicyclic amines) is 1. The molecule has 1 saturated heterocycles. The van der Waals surface area contributed by atoms with Crippen molar-refractivity contribution in [2.75, 3.05) is 27.2 Å². The van der Waals surface area contributed by atoms with Gasteiger partial charge in [-0.05, 0) is 49.9 Å². The van der Waals surface area contributed by atoms with Crippen molar-refractivity contribution in [2.45, 2.75) is 32.7 Å². The van der Waals surface area contributed by atoms with Crippen LogP contribution < -0.4 is 5.32 Å². The molecule has 120 valence electrons. The average Bonchev–Trinajstić information content (AvgIpc) is 2.50. The van der Waals surface area contributed by atoms with Crippen LogP contribution in [-0.4, -0.2) is 55.0 Å². The van der Waals surface area contributed by atoms with Crippen molar-refractivity contribution in [3.05, 3.63) is 34.9 Å². The maximum Gasteiger partial charge on any atom is 0.317 e. The molecule has 0 saturated carbocycles. The molecule has 0 unspecified atom stereocenters. The third-order valence-electron chi connectivity index (χ3n) is 4.27. The summed E-state index contributed by atoms with van der Waals surface area (Å²) in [6.07, 6.45) is 1.60. The second kappa shape index (κ2) is 6.81. The van der Waals surface area contributed by atoms with Crippen molar-refractivity contribution < 1.29 is 9.59 Å². The van der Waals surface area contributed by atoms with E-state index in [0.717, 1.165) is 24.0 Å². The molecule has 1 heterocycles. The van der Waals surface area contributed by atoms with Gasteiger partial charge >= 0.3 is 6.03 Å². The molecule has 0 aliphatic carbocycles. The van der Waals surface area contributed by atoms with E-state index in [2.05, 4.69) is 5.32 Å². The van der Waals surface area contributed by atoms with Gasteiger partial charge in [0.15, 0.2) is 0 Å². The van der Waals surface area contributed by atoms with Crippen LogP contribution in [0.1, 0.15) is 34.3 Å². The van der Waals surface area contributed by atoms with Crippen molar-refractivity contribution in [3.8, 4) is 0 Å². The van der Waals surface area contributed by atoms with E-state index < -0.39 is 0 Å². The Morgan fingerprint density at radius 2 is 1.77 bits per heavy atom. The number of carbonyl (C=O) groups is 2. The lowest BCUT2D eigenvalue weighted by Crippen LogP contribution is -2.48. The summed E-state index contributed by atoms with van der Waals surface area (Å²) in [5.74, 6) is 0.0838. The lowest BCUT2D eigenvalue weighted by atomic mass is 10.0. The number of benzene rings is 1. The Morgan fingerprint density at radius 1 is 1.14 bits per heavy atom. The van der Waals surface area contributed by atoms with Gasteiger partial charge in [-0.3, -0.25) is 4.79 Å². The third kappa shape index (κ3) is 3.78. The number of carbonyl (C=O) groups excluding carboxylic acids is 2. The molecule has 1 fully saturated rings. The van der Waals surface area contributed by atoms with Crippen molar-refractivity contribution >= 4 is 11.9 Å². The summed E-state index contributed by atoms with van der Waals surface area (Å²) >= 11 is 0. The number of hydrogen-bond acceptors (Lipinski definition) is 2. The normalized spacial score (nSPS) is 15.5. The summed E-state index contributed by atoms with van der Waals surface area (Å²) < 4.78 is 0. The molecular weight excluding hydrogens is 278 g/mol. The van der Waals surface area contributed by atoms with Crippen molar-refractivity contribution in [2.24, 2.45) is 0 Å². The Labute approximate surface area is 132 Å². The second-order valence-electron chi connectivity index (χ2n) is 6.21. The van der Waals surface area contributed by atoms with E-state index in [9.17, 15) is 9.59 Å². The van der Waals surface area contributed by atoms with Gasteiger partial charge in [0.2, 0.25) is 0 Å². The SMILES string of the molecule is Cc1ccc(C(=O)N2CCC(NC(=O)N(C)C)CC2)cc1C. The first-order valence-corrected chi connectivity index (χ1v) is 7.73. The van der Waals surface area contributed by atoms with E-state index >= 15 is 0 Å². The average molecular weight is 303 g/mol. The van der Waals surface area contributed by atoms with Crippen molar-refractivity contribution in [1.29, 1.82) is 0 Å². The molecule has 5 heteroatoms. The Hall–Kier alpha value is -2.04. The monoisotopic (exact) mass is 303 g/mol. The first-order chi connectivity index (χ1) is 10.4. The maximum atomic E-state index is 12.5. The third-order valence-corrected chi connectivity index (χ3v) is 4.27. The fourth-order valence-corrected chi connectivity index (χ4v) is 2.59. The first-order valence-electron chi connectivity index (χ1n) is 7.73. The van der Waals surface area contributed by atoms with Gasteiger partial charge < -0.3 is 15.1 Å². The van der Waals surface area contributed by atoms with Gasteiger partial charge in [0.25, 0.3) is 5.91 Å². The first kappa shape index (κ1) is 16.3. The predicted octanol–water partition coefficient (Wildman–Crippen LogP) is 2.18. The molecule has 3 amide bonds. The lowest BCUT2D eigenvalue weighted by Gasteiger charge is -2.33. The molecule has 1 aromatic carbocycles. The zero-order valence-electron chi connectivity index (χ0n) is 13.8. The number of hydrogen-bond donors (Lipinski definition) is 1. The van der Waals surface area contributed by atoms with E-state index in [1.807, 2.05) is 36.9 Å². The van der Waals surface area contributed by atoms with Crippen LogP contribution in [0.2, 0.25) is 0 Å². The van der Waals surface area contributed by atoms with E-state index in [1.54, 1.807) is 14.1 Å². The fourth-order valence-electron chi connectivity index (χ4n) is 2.59. The molecule has 2 rings (SSSR count). The molecule has 1 N–H and O–H groups in total. The number of piperidine rings is 1. The van der Waals surface area contributed by atoms with Crippen LogP contribution >= 0.6 is 0 Å². The highest BCUT2D eigenvalue weighted by Gasteiger charge is 2.25. The van der Waals surface area contributed by atoms with Gasteiger partial charge in [-0.25, -0.2) is 4.79 Å². The fraction of sp³-hybridized carbons (Fsp3) is 0.529. The minimum absolute atomic E-state index is 0.0704. The van der Waals surface area contributed by atoms with Crippen LogP contribution in [0.4, 0.5) is 4.79 Å². The van der Waals surface area contributed by atoms with Crippen LogP contribution in [-0.2, 0) is 0 Å². The quantitative estimate of drug-likeness (QED) is 0.910. The second-order valence-corrected chi connectivity index (χ2v) is 6.21.